The minimum atomic E-state index is 0.0255. The van der Waals surface area contributed by atoms with Crippen molar-refractivity contribution in [1.29, 1.82) is 0 Å². The number of aromatic nitrogens is 2. The van der Waals surface area contributed by atoms with Crippen LogP contribution in [0, 0.1) is 0 Å². The van der Waals surface area contributed by atoms with Crippen molar-refractivity contribution in [3.63, 3.8) is 0 Å². The van der Waals surface area contributed by atoms with Crippen molar-refractivity contribution in [1.82, 2.24) is 9.97 Å². The van der Waals surface area contributed by atoms with Gasteiger partial charge in [-0.2, -0.15) is 0 Å². The zero-order valence-electron chi connectivity index (χ0n) is 24.0. The van der Waals surface area contributed by atoms with E-state index < -0.39 is 0 Å². The maximum atomic E-state index is 11.0. The van der Waals surface area contributed by atoms with E-state index in [4.69, 9.17) is 0 Å². The summed E-state index contributed by atoms with van der Waals surface area (Å²) in [6.07, 6.45) is 3.48. The Bertz CT molecular complexity index is 779. The van der Waals surface area contributed by atoms with Gasteiger partial charge in [-0.3, -0.25) is 9.78 Å². The fourth-order valence-corrected chi connectivity index (χ4v) is 2.44. The number of H-pyrrole nitrogens is 1. The van der Waals surface area contributed by atoms with Gasteiger partial charge in [-0.15, -0.1) is 0 Å². The summed E-state index contributed by atoms with van der Waals surface area (Å²) in [4.78, 5) is 17.8. The molecule has 1 N–H and O–H groups in total. The summed E-state index contributed by atoms with van der Waals surface area (Å²) >= 11 is 0. The highest BCUT2D eigenvalue weighted by molar-refractivity contribution is 5.17. The number of rotatable bonds is 3. The molecule has 3 rings (SSSR count). The molecular formula is C31H52N2O. The molecule has 34 heavy (non-hydrogen) atoms. The fraction of sp³-hybridized carbons (Fsp3) is 0.484. The van der Waals surface area contributed by atoms with Crippen LogP contribution < -0.4 is 5.56 Å². The van der Waals surface area contributed by atoms with E-state index in [0.717, 1.165) is 11.3 Å². The molecule has 0 bridgehead atoms. The number of hydrogen-bond donors (Lipinski definition) is 1. The van der Waals surface area contributed by atoms with Crippen molar-refractivity contribution in [2.75, 3.05) is 0 Å². The van der Waals surface area contributed by atoms with E-state index >= 15 is 0 Å². The van der Waals surface area contributed by atoms with Crippen LogP contribution in [-0.2, 0) is 0 Å². The standard InChI is InChI=1S/C9H12.C8H11NO.C8H11N.3C2H6/c1-8(2)9-6-4-3-5-7-9;1-6(2)7-4-3-5-9-8(7)10;1-7(2)8-5-3-4-6-9-8;3*1-2/h3-8H,1-2H3;3-6H,1-2H3,(H,9,10);3-7H,1-2H3;3*1-2H3. The second-order valence-corrected chi connectivity index (χ2v) is 7.58. The van der Waals surface area contributed by atoms with Crippen LogP contribution in [0.1, 0.15) is 118 Å². The van der Waals surface area contributed by atoms with Gasteiger partial charge in [0, 0.05) is 23.7 Å². The molecule has 3 heteroatoms. The third-order valence-electron chi connectivity index (χ3n) is 4.22. The Kier molecular flexibility index (Phi) is 26.3. The maximum absolute atomic E-state index is 11.0. The molecule has 0 aliphatic rings. The van der Waals surface area contributed by atoms with Gasteiger partial charge in [0.05, 0.1) is 0 Å². The first-order valence-corrected chi connectivity index (χ1v) is 13.0. The number of pyridine rings is 2. The molecule has 0 saturated heterocycles. The molecule has 192 valence electrons. The second-order valence-electron chi connectivity index (χ2n) is 7.58. The van der Waals surface area contributed by atoms with Crippen LogP contribution in [0.5, 0.6) is 0 Å². The van der Waals surface area contributed by atoms with Crippen LogP contribution in [0.2, 0.25) is 0 Å². The highest BCUT2D eigenvalue weighted by Crippen LogP contribution is 2.11. The lowest BCUT2D eigenvalue weighted by Gasteiger charge is -2.01. The highest BCUT2D eigenvalue weighted by Gasteiger charge is 2.01. The lowest BCUT2D eigenvalue weighted by molar-refractivity contribution is 0.823. The molecule has 0 spiro atoms. The monoisotopic (exact) mass is 468 g/mol. The summed E-state index contributed by atoms with van der Waals surface area (Å²) in [5.74, 6) is 1.52. The first-order chi connectivity index (χ1) is 16.3. The zero-order chi connectivity index (χ0) is 26.9. The Morgan fingerprint density at radius 1 is 0.618 bits per heavy atom. The van der Waals surface area contributed by atoms with Gasteiger partial charge >= 0.3 is 0 Å². The molecule has 3 nitrogen and oxygen atoms in total. The van der Waals surface area contributed by atoms with Gasteiger partial charge in [0.1, 0.15) is 0 Å². The van der Waals surface area contributed by atoms with E-state index in [1.807, 2.05) is 98.0 Å². The van der Waals surface area contributed by atoms with E-state index in [1.165, 1.54) is 5.56 Å². The smallest absolute Gasteiger partial charge is 0.251 e. The highest BCUT2D eigenvalue weighted by atomic mass is 16.1. The summed E-state index contributed by atoms with van der Waals surface area (Å²) in [6.45, 7) is 24.7. The molecule has 0 aliphatic heterocycles. The van der Waals surface area contributed by atoms with Gasteiger partial charge in [0.15, 0.2) is 0 Å². The summed E-state index contributed by atoms with van der Waals surface area (Å²) in [5, 5.41) is 0. The normalized spacial score (nSPS) is 8.91. The minimum Gasteiger partial charge on any atom is -0.329 e. The van der Waals surface area contributed by atoms with Crippen LogP contribution in [0.25, 0.3) is 0 Å². The summed E-state index contributed by atoms with van der Waals surface area (Å²) < 4.78 is 0. The molecule has 0 aliphatic carbocycles. The van der Waals surface area contributed by atoms with Crippen molar-refractivity contribution >= 4 is 0 Å². The number of benzene rings is 1. The third-order valence-corrected chi connectivity index (χ3v) is 4.22. The van der Waals surface area contributed by atoms with Gasteiger partial charge in [-0.1, -0.05) is 126 Å². The second kappa shape index (κ2) is 25.0. The van der Waals surface area contributed by atoms with Crippen molar-refractivity contribution in [2.45, 2.75) is 101 Å². The summed E-state index contributed by atoms with van der Waals surface area (Å²) in [7, 11) is 0. The SMILES string of the molecule is CC.CC.CC.CC(C)c1ccc[nH]c1=O.CC(C)c1ccccc1.CC(C)c1ccccn1. The molecule has 0 radical (unpaired) electrons. The maximum Gasteiger partial charge on any atom is 0.251 e. The first kappa shape index (κ1) is 35.9. The van der Waals surface area contributed by atoms with Gasteiger partial charge in [0.25, 0.3) is 5.56 Å². The molecule has 1 aromatic carbocycles. The van der Waals surface area contributed by atoms with Crippen LogP contribution in [0.15, 0.2) is 77.9 Å². The predicted octanol–water partition coefficient (Wildman–Crippen LogP) is 9.59. The molecule has 0 atom stereocenters. The van der Waals surface area contributed by atoms with Gasteiger partial charge in [0.2, 0.25) is 0 Å². The van der Waals surface area contributed by atoms with E-state index in [1.54, 1.807) is 6.20 Å². The van der Waals surface area contributed by atoms with Gasteiger partial charge < -0.3 is 4.98 Å². The largest absolute Gasteiger partial charge is 0.329 e. The van der Waals surface area contributed by atoms with E-state index in [-0.39, 0.29) is 5.56 Å². The van der Waals surface area contributed by atoms with E-state index in [2.05, 4.69) is 61.9 Å². The van der Waals surface area contributed by atoms with Crippen LogP contribution in [-0.4, -0.2) is 9.97 Å². The molecule has 0 fully saturated rings. The lowest BCUT2D eigenvalue weighted by atomic mass is 10.0. The molecule has 2 aromatic heterocycles. The topological polar surface area (TPSA) is 45.8 Å². The zero-order valence-corrected chi connectivity index (χ0v) is 24.0. The summed E-state index contributed by atoms with van der Waals surface area (Å²) in [5.41, 5.74) is 3.45. The fourth-order valence-electron chi connectivity index (χ4n) is 2.44. The van der Waals surface area contributed by atoms with Gasteiger partial charge in [-0.05, 0) is 41.5 Å². The van der Waals surface area contributed by atoms with Gasteiger partial charge in [-0.25, -0.2) is 0 Å². The van der Waals surface area contributed by atoms with E-state index in [9.17, 15) is 4.79 Å². The Morgan fingerprint density at radius 2 is 1.15 bits per heavy atom. The average molecular weight is 469 g/mol. The van der Waals surface area contributed by atoms with Crippen molar-refractivity contribution < 1.29 is 0 Å². The number of nitrogens with zero attached hydrogens (tertiary/aromatic N) is 1. The molecular weight excluding hydrogens is 416 g/mol. The predicted molar refractivity (Wildman–Crippen MR) is 154 cm³/mol. The average Bonchev–Trinajstić information content (AvgIpc) is 2.89. The molecule has 3 aromatic rings. The molecule has 0 amide bonds. The minimum absolute atomic E-state index is 0.0255. The van der Waals surface area contributed by atoms with Crippen molar-refractivity contribution in [3.8, 4) is 0 Å². The van der Waals surface area contributed by atoms with Crippen LogP contribution in [0.4, 0.5) is 0 Å². The number of aromatic amines is 1. The van der Waals surface area contributed by atoms with E-state index in [0.29, 0.717) is 17.8 Å². The molecule has 2 heterocycles. The molecule has 0 saturated carbocycles. The van der Waals surface area contributed by atoms with Crippen LogP contribution >= 0.6 is 0 Å². The Labute approximate surface area is 211 Å². The number of nitrogens with one attached hydrogen (secondary N) is 1. The Morgan fingerprint density at radius 3 is 1.44 bits per heavy atom. The Balaban J connectivity index is -0.000000381. The first-order valence-electron chi connectivity index (χ1n) is 13.0. The van der Waals surface area contributed by atoms with Crippen molar-refractivity contribution in [2.24, 2.45) is 0 Å². The molecule has 0 unspecified atom stereocenters. The summed E-state index contributed by atoms with van der Waals surface area (Å²) in [6, 6.07) is 20.2. The third kappa shape index (κ3) is 17.8. The lowest BCUT2D eigenvalue weighted by Crippen LogP contribution is -2.11. The van der Waals surface area contributed by atoms with Crippen LogP contribution in [0.3, 0.4) is 0 Å². The number of hydrogen-bond acceptors (Lipinski definition) is 2. The van der Waals surface area contributed by atoms with Crippen molar-refractivity contribution in [3.05, 3.63) is 100 Å². The Hall–Kier alpha value is -2.68. The quantitative estimate of drug-likeness (QED) is 0.416.